The molecule has 0 atom stereocenters. The lowest BCUT2D eigenvalue weighted by Crippen LogP contribution is -1.99. The van der Waals surface area contributed by atoms with Crippen LogP contribution in [0.2, 0.25) is 15.1 Å². The molecule has 0 aliphatic rings. The molecule has 2 rings (SSSR count). The van der Waals surface area contributed by atoms with Crippen LogP contribution < -0.4 is 10.1 Å². The first-order valence-corrected chi connectivity index (χ1v) is 7.82. The standard InChI is InChI=1S/C10H6Cl3NOS2/c11-6-2-1-5(3-7(6)12)4-14-9-8(13)10(15)17-16-9/h1-3,14H,4H2. The summed E-state index contributed by atoms with van der Waals surface area (Å²) in [6.45, 7) is 0.545. The Labute approximate surface area is 120 Å². The van der Waals surface area contributed by atoms with Gasteiger partial charge < -0.3 is 5.32 Å². The second-order valence-electron chi connectivity index (χ2n) is 3.20. The fraction of sp³-hybridized carbons (Fsp3) is 0.100. The van der Waals surface area contributed by atoms with Crippen molar-refractivity contribution < 1.29 is 0 Å². The van der Waals surface area contributed by atoms with E-state index in [-0.39, 0.29) is 9.77 Å². The van der Waals surface area contributed by atoms with Gasteiger partial charge in [-0.2, -0.15) is 0 Å². The van der Waals surface area contributed by atoms with Gasteiger partial charge in [-0.25, -0.2) is 0 Å². The molecule has 17 heavy (non-hydrogen) atoms. The molecule has 2 nitrogen and oxygen atoms in total. The molecule has 0 amide bonds. The number of anilines is 1. The van der Waals surface area contributed by atoms with Crippen molar-refractivity contribution in [2.24, 2.45) is 0 Å². The fourth-order valence-electron chi connectivity index (χ4n) is 1.18. The predicted molar refractivity (Wildman–Crippen MR) is 77.3 cm³/mol. The molecule has 2 aromatic rings. The Hall–Kier alpha value is -0.260. The van der Waals surface area contributed by atoms with Gasteiger partial charge in [0.25, 0.3) is 4.74 Å². The van der Waals surface area contributed by atoms with Crippen molar-refractivity contribution in [2.45, 2.75) is 6.54 Å². The summed E-state index contributed by atoms with van der Waals surface area (Å²) in [5, 5.41) is 5.06. The molecule has 7 heteroatoms. The van der Waals surface area contributed by atoms with E-state index in [0.29, 0.717) is 21.6 Å². The first kappa shape index (κ1) is 13.2. The summed E-state index contributed by atoms with van der Waals surface area (Å²) >= 11 is 17.5. The monoisotopic (exact) mass is 325 g/mol. The average Bonchev–Trinajstić information content (AvgIpc) is 2.62. The normalized spacial score (nSPS) is 10.5. The van der Waals surface area contributed by atoms with Crippen molar-refractivity contribution in [1.82, 2.24) is 0 Å². The van der Waals surface area contributed by atoms with Crippen molar-refractivity contribution in [3.8, 4) is 0 Å². The number of halogens is 3. The van der Waals surface area contributed by atoms with E-state index in [1.165, 1.54) is 10.3 Å². The van der Waals surface area contributed by atoms with Crippen molar-refractivity contribution >= 4 is 60.5 Å². The molecule has 1 N–H and O–H groups in total. The van der Waals surface area contributed by atoms with Crippen molar-refractivity contribution in [3.05, 3.63) is 48.4 Å². The number of hydrogen-bond acceptors (Lipinski definition) is 4. The SMILES string of the molecule is O=c1ssc(NCc2ccc(Cl)c(Cl)c2)c1Cl. The molecule has 0 saturated carbocycles. The summed E-state index contributed by atoms with van der Waals surface area (Å²) in [5.74, 6) is 0. The van der Waals surface area contributed by atoms with Crippen LogP contribution in [0.1, 0.15) is 5.56 Å². The largest absolute Gasteiger partial charge is 0.371 e. The maximum atomic E-state index is 11.2. The van der Waals surface area contributed by atoms with Crippen molar-refractivity contribution in [2.75, 3.05) is 5.32 Å². The third-order valence-corrected chi connectivity index (χ3v) is 5.50. The molecule has 0 radical (unpaired) electrons. The van der Waals surface area contributed by atoms with E-state index in [4.69, 9.17) is 34.8 Å². The van der Waals surface area contributed by atoms with E-state index in [1.807, 2.05) is 6.07 Å². The lowest BCUT2D eigenvalue weighted by molar-refractivity contribution is 1.16. The Morgan fingerprint density at radius 3 is 2.47 bits per heavy atom. The fourth-order valence-corrected chi connectivity index (χ4v) is 3.93. The quantitative estimate of drug-likeness (QED) is 0.825. The molecule has 0 spiro atoms. The number of benzene rings is 1. The molecular weight excluding hydrogens is 321 g/mol. The summed E-state index contributed by atoms with van der Waals surface area (Å²) < 4.78 is -0.117. The number of hydrogen-bond donors (Lipinski definition) is 1. The minimum Gasteiger partial charge on any atom is -0.371 e. The van der Waals surface area contributed by atoms with Gasteiger partial charge in [0.05, 0.1) is 10.0 Å². The molecule has 1 heterocycles. The third kappa shape index (κ3) is 3.14. The van der Waals surface area contributed by atoms with Crippen LogP contribution in [-0.2, 0) is 6.54 Å². The van der Waals surface area contributed by atoms with Gasteiger partial charge in [-0.3, -0.25) is 4.79 Å². The van der Waals surface area contributed by atoms with Crippen LogP contribution in [-0.4, -0.2) is 0 Å². The van der Waals surface area contributed by atoms with Gasteiger partial charge in [0, 0.05) is 6.54 Å². The van der Waals surface area contributed by atoms with Crippen molar-refractivity contribution in [1.29, 1.82) is 0 Å². The zero-order valence-electron chi connectivity index (χ0n) is 8.30. The Morgan fingerprint density at radius 2 is 1.88 bits per heavy atom. The first-order valence-electron chi connectivity index (χ1n) is 4.54. The summed E-state index contributed by atoms with van der Waals surface area (Å²) in [5.41, 5.74) is 0.973. The Bertz CT molecular complexity index is 593. The molecule has 1 aromatic heterocycles. The minimum atomic E-state index is -0.117. The van der Waals surface area contributed by atoms with Crippen LogP contribution in [0.25, 0.3) is 0 Å². The third-order valence-electron chi connectivity index (χ3n) is 2.02. The van der Waals surface area contributed by atoms with E-state index in [0.717, 1.165) is 15.9 Å². The second kappa shape index (κ2) is 5.59. The summed E-state index contributed by atoms with van der Waals surface area (Å²) in [6.07, 6.45) is 0. The lowest BCUT2D eigenvalue weighted by atomic mass is 10.2. The average molecular weight is 327 g/mol. The Kier molecular flexibility index (Phi) is 4.33. The van der Waals surface area contributed by atoms with E-state index in [1.54, 1.807) is 12.1 Å². The molecule has 1 aromatic carbocycles. The molecule has 0 aliphatic carbocycles. The summed E-state index contributed by atoms with van der Waals surface area (Å²) in [4.78, 5) is 11.2. The van der Waals surface area contributed by atoms with Crippen LogP contribution in [0.3, 0.4) is 0 Å². The highest BCUT2D eigenvalue weighted by Gasteiger charge is 2.07. The van der Waals surface area contributed by atoms with Crippen LogP contribution >= 0.6 is 55.5 Å². The topological polar surface area (TPSA) is 29.1 Å². The number of nitrogens with one attached hydrogen (secondary N) is 1. The van der Waals surface area contributed by atoms with E-state index >= 15 is 0 Å². The maximum absolute atomic E-state index is 11.2. The summed E-state index contributed by atoms with van der Waals surface area (Å²) in [7, 11) is 2.45. The van der Waals surface area contributed by atoms with Gasteiger partial charge in [0.2, 0.25) is 0 Å². The van der Waals surface area contributed by atoms with Crippen LogP contribution in [0.4, 0.5) is 5.00 Å². The molecule has 0 unspecified atom stereocenters. The smallest absolute Gasteiger partial charge is 0.263 e. The zero-order valence-corrected chi connectivity index (χ0v) is 12.2. The molecule has 0 saturated heterocycles. The van der Waals surface area contributed by atoms with Crippen LogP contribution in [0.5, 0.6) is 0 Å². The Morgan fingerprint density at radius 1 is 1.12 bits per heavy atom. The predicted octanol–water partition coefficient (Wildman–Crippen LogP) is 4.74. The molecule has 90 valence electrons. The highest BCUT2D eigenvalue weighted by atomic mass is 35.5. The first-order chi connectivity index (χ1) is 8.08. The van der Waals surface area contributed by atoms with Crippen molar-refractivity contribution in [3.63, 3.8) is 0 Å². The Balaban J connectivity index is 2.10. The van der Waals surface area contributed by atoms with E-state index in [2.05, 4.69) is 5.32 Å². The molecule has 0 fully saturated rings. The van der Waals surface area contributed by atoms with Gasteiger partial charge in [-0.1, -0.05) is 51.2 Å². The highest BCUT2D eigenvalue weighted by Crippen LogP contribution is 2.28. The van der Waals surface area contributed by atoms with Gasteiger partial charge in [0.1, 0.15) is 10.0 Å². The molecule has 0 bridgehead atoms. The van der Waals surface area contributed by atoms with Crippen LogP contribution in [0, 0.1) is 0 Å². The van der Waals surface area contributed by atoms with E-state index in [9.17, 15) is 4.79 Å². The van der Waals surface area contributed by atoms with Gasteiger partial charge in [-0.15, -0.1) is 0 Å². The zero-order chi connectivity index (χ0) is 12.4. The second-order valence-corrected chi connectivity index (χ2v) is 6.50. The summed E-state index contributed by atoms with van der Waals surface area (Å²) in [6, 6.07) is 5.38. The highest BCUT2D eigenvalue weighted by molar-refractivity contribution is 7.70. The van der Waals surface area contributed by atoms with Gasteiger partial charge >= 0.3 is 0 Å². The minimum absolute atomic E-state index is 0.117. The van der Waals surface area contributed by atoms with Gasteiger partial charge in [0.15, 0.2) is 0 Å². The van der Waals surface area contributed by atoms with E-state index < -0.39 is 0 Å². The molecule has 0 aliphatic heterocycles. The van der Waals surface area contributed by atoms with Gasteiger partial charge in [-0.05, 0) is 28.0 Å². The number of rotatable bonds is 3. The molecular formula is C10H6Cl3NOS2. The maximum Gasteiger partial charge on any atom is 0.263 e. The lowest BCUT2D eigenvalue weighted by Gasteiger charge is -2.05. The van der Waals surface area contributed by atoms with Crippen LogP contribution in [0.15, 0.2) is 23.0 Å².